The van der Waals surface area contributed by atoms with Crippen molar-refractivity contribution in [3.8, 4) is 0 Å². The van der Waals surface area contributed by atoms with Gasteiger partial charge in [-0.15, -0.1) is 0 Å². The number of aromatic nitrogens is 4. The van der Waals surface area contributed by atoms with Crippen molar-refractivity contribution in [3.63, 3.8) is 0 Å². The summed E-state index contributed by atoms with van der Waals surface area (Å²) < 4.78 is 1.39. The maximum absolute atomic E-state index is 11.5. The van der Waals surface area contributed by atoms with Crippen LogP contribution in [0.3, 0.4) is 0 Å². The van der Waals surface area contributed by atoms with Gasteiger partial charge in [-0.05, 0) is 27.9 Å². The fourth-order valence-corrected chi connectivity index (χ4v) is 2.21. The number of hydrogen-bond acceptors (Lipinski definition) is 6. The van der Waals surface area contributed by atoms with Crippen LogP contribution >= 0.6 is 0 Å². The summed E-state index contributed by atoms with van der Waals surface area (Å²) in [6.45, 7) is 4.36. The van der Waals surface area contributed by atoms with Gasteiger partial charge in [0.1, 0.15) is 11.6 Å². The van der Waals surface area contributed by atoms with Crippen molar-refractivity contribution in [2.75, 3.05) is 32.5 Å². The second-order valence-corrected chi connectivity index (χ2v) is 5.50. The second kappa shape index (κ2) is 5.22. The predicted octanol–water partition coefficient (Wildman–Crippen LogP) is -0.549. The first-order valence-electron chi connectivity index (χ1n) is 6.34. The number of likely N-dealkylation sites (N-methyl/N-ethyl adjacent to an activating group) is 1. The Kier molecular flexibility index (Phi) is 3.78. The number of anilines is 1. The number of nitrogens with one attached hydrogen (secondary N) is 2. The van der Waals surface area contributed by atoms with Crippen LogP contribution in [0.25, 0.3) is 5.65 Å². The SMILES string of the molecule is Cc1nc(NCC(C)(O)CN(C)C)cc2n[nH]c(=O)n12. The average Bonchev–Trinajstić information content (AvgIpc) is 2.67. The lowest BCUT2D eigenvalue weighted by Gasteiger charge is -2.27. The summed E-state index contributed by atoms with van der Waals surface area (Å²) in [5, 5.41) is 19.6. The summed E-state index contributed by atoms with van der Waals surface area (Å²) >= 11 is 0. The molecule has 110 valence electrons. The highest BCUT2D eigenvalue weighted by Crippen LogP contribution is 2.11. The fraction of sp³-hybridized carbons (Fsp3) is 0.583. The van der Waals surface area contributed by atoms with Crippen molar-refractivity contribution < 1.29 is 5.11 Å². The minimum Gasteiger partial charge on any atom is -0.387 e. The molecule has 1 unspecified atom stereocenters. The monoisotopic (exact) mass is 280 g/mol. The molecule has 0 aromatic carbocycles. The Bertz CT molecular complexity index is 658. The number of nitrogens with zero attached hydrogens (tertiary/aromatic N) is 4. The largest absolute Gasteiger partial charge is 0.387 e. The van der Waals surface area contributed by atoms with Crippen LogP contribution in [0.1, 0.15) is 12.7 Å². The first kappa shape index (κ1) is 14.5. The van der Waals surface area contributed by atoms with E-state index in [1.165, 1.54) is 4.40 Å². The van der Waals surface area contributed by atoms with Gasteiger partial charge in [0, 0.05) is 19.2 Å². The molecule has 0 aliphatic carbocycles. The van der Waals surface area contributed by atoms with Crippen LogP contribution in [0, 0.1) is 6.92 Å². The Hall–Kier alpha value is -1.93. The highest BCUT2D eigenvalue weighted by molar-refractivity contribution is 5.49. The minimum absolute atomic E-state index is 0.309. The number of aliphatic hydroxyl groups is 1. The van der Waals surface area contributed by atoms with E-state index in [1.54, 1.807) is 19.9 Å². The highest BCUT2D eigenvalue weighted by atomic mass is 16.3. The molecule has 20 heavy (non-hydrogen) atoms. The lowest BCUT2D eigenvalue weighted by atomic mass is 10.1. The van der Waals surface area contributed by atoms with E-state index in [0.717, 1.165) is 0 Å². The van der Waals surface area contributed by atoms with E-state index in [-0.39, 0.29) is 5.69 Å². The maximum Gasteiger partial charge on any atom is 0.349 e. The van der Waals surface area contributed by atoms with Gasteiger partial charge in [-0.3, -0.25) is 0 Å². The maximum atomic E-state index is 11.5. The van der Waals surface area contributed by atoms with Gasteiger partial charge in [0.15, 0.2) is 5.65 Å². The molecule has 8 nitrogen and oxygen atoms in total. The molecule has 0 bridgehead atoms. The van der Waals surface area contributed by atoms with Crippen LogP contribution in [0.2, 0.25) is 0 Å². The van der Waals surface area contributed by atoms with Crippen molar-refractivity contribution in [2.24, 2.45) is 0 Å². The molecular weight excluding hydrogens is 260 g/mol. The molecule has 0 radical (unpaired) electrons. The number of aryl methyl sites for hydroxylation is 1. The molecule has 0 spiro atoms. The lowest BCUT2D eigenvalue weighted by molar-refractivity contribution is 0.0459. The lowest BCUT2D eigenvalue weighted by Crippen LogP contribution is -2.43. The summed E-state index contributed by atoms with van der Waals surface area (Å²) in [4.78, 5) is 17.7. The summed E-state index contributed by atoms with van der Waals surface area (Å²) in [6, 6.07) is 1.66. The Morgan fingerprint density at radius 2 is 2.25 bits per heavy atom. The van der Waals surface area contributed by atoms with Crippen LogP contribution in [0.15, 0.2) is 10.9 Å². The molecule has 1 atom stereocenters. The predicted molar refractivity (Wildman–Crippen MR) is 76.0 cm³/mol. The van der Waals surface area contributed by atoms with Crippen LogP contribution in [0.5, 0.6) is 0 Å². The van der Waals surface area contributed by atoms with E-state index < -0.39 is 5.60 Å². The third-order valence-corrected chi connectivity index (χ3v) is 2.88. The summed E-state index contributed by atoms with van der Waals surface area (Å²) in [5.74, 6) is 1.11. The number of rotatable bonds is 5. The molecule has 0 aliphatic rings. The molecule has 0 saturated heterocycles. The van der Waals surface area contributed by atoms with Crippen molar-refractivity contribution in [2.45, 2.75) is 19.4 Å². The van der Waals surface area contributed by atoms with Gasteiger partial charge in [-0.25, -0.2) is 19.3 Å². The molecule has 0 aliphatic heterocycles. The molecule has 8 heteroatoms. The van der Waals surface area contributed by atoms with E-state index in [4.69, 9.17) is 0 Å². The van der Waals surface area contributed by atoms with Gasteiger partial charge >= 0.3 is 5.69 Å². The third kappa shape index (κ3) is 3.14. The van der Waals surface area contributed by atoms with Gasteiger partial charge in [0.2, 0.25) is 0 Å². The zero-order valence-electron chi connectivity index (χ0n) is 12.1. The molecule has 2 aromatic heterocycles. The Morgan fingerprint density at radius 3 is 2.90 bits per heavy atom. The zero-order valence-corrected chi connectivity index (χ0v) is 12.1. The highest BCUT2D eigenvalue weighted by Gasteiger charge is 2.21. The quantitative estimate of drug-likeness (QED) is 0.680. The molecule has 2 heterocycles. The summed E-state index contributed by atoms with van der Waals surface area (Å²) in [5.41, 5.74) is -0.690. The standard InChI is InChI=1S/C12H20N6O2/c1-8-14-9(5-10-15-16-11(19)18(8)10)13-6-12(2,20)7-17(3)4/h5,13,20H,6-7H2,1-4H3,(H,16,19). The number of aromatic amines is 1. The summed E-state index contributed by atoms with van der Waals surface area (Å²) in [7, 11) is 3.80. The van der Waals surface area contributed by atoms with E-state index in [1.807, 2.05) is 19.0 Å². The van der Waals surface area contributed by atoms with E-state index in [9.17, 15) is 9.90 Å². The third-order valence-electron chi connectivity index (χ3n) is 2.88. The average molecular weight is 280 g/mol. The van der Waals surface area contributed by atoms with Crippen molar-refractivity contribution >= 4 is 11.5 Å². The van der Waals surface area contributed by atoms with E-state index in [0.29, 0.717) is 30.4 Å². The van der Waals surface area contributed by atoms with Crippen molar-refractivity contribution in [3.05, 3.63) is 22.4 Å². The van der Waals surface area contributed by atoms with Crippen LogP contribution in [-0.4, -0.2) is 62.4 Å². The summed E-state index contributed by atoms with van der Waals surface area (Å²) in [6.07, 6.45) is 0. The fourth-order valence-electron chi connectivity index (χ4n) is 2.21. The Labute approximate surface area is 116 Å². The molecule has 3 N–H and O–H groups in total. The van der Waals surface area contributed by atoms with Gasteiger partial charge < -0.3 is 15.3 Å². The number of H-pyrrole nitrogens is 1. The molecule has 2 rings (SSSR count). The molecular formula is C12H20N6O2. The Balaban J connectivity index is 2.16. The minimum atomic E-state index is -0.879. The van der Waals surface area contributed by atoms with Gasteiger partial charge in [-0.1, -0.05) is 0 Å². The van der Waals surface area contributed by atoms with E-state index in [2.05, 4.69) is 20.5 Å². The molecule has 0 saturated carbocycles. The van der Waals surface area contributed by atoms with Crippen molar-refractivity contribution in [1.29, 1.82) is 0 Å². The smallest absolute Gasteiger partial charge is 0.349 e. The Morgan fingerprint density at radius 1 is 1.55 bits per heavy atom. The molecule has 0 amide bonds. The van der Waals surface area contributed by atoms with Crippen LogP contribution in [0.4, 0.5) is 5.82 Å². The van der Waals surface area contributed by atoms with E-state index >= 15 is 0 Å². The van der Waals surface area contributed by atoms with Crippen LogP contribution in [-0.2, 0) is 0 Å². The second-order valence-electron chi connectivity index (χ2n) is 5.50. The molecule has 0 fully saturated rings. The van der Waals surface area contributed by atoms with Gasteiger partial charge in [0.05, 0.1) is 5.60 Å². The van der Waals surface area contributed by atoms with Gasteiger partial charge in [-0.2, -0.15) is 5.10 Å². The first-order chi connectivity index (χ1) is 9.28. The first-order valence-corrected chi connectivity index (χ1v) is 6.34. The molecule has 2 aromatic rings. The normalized spacial score (nSPS) is 14.7. The number of hydrogen-bond donors (Lipinski definition) is 3. The van der Waals surface area contributed by atoms with Crippen molar-refractivity contribution in [1.82, 2.24) is 24.5 Å². The topological polar surface area (TPSA) is 98.6 Å². The van der Waals surface area contributed by atoms with Crippen LogP contribution < -0.4 is 11.0 Å². The number of fused-ring (bicyclic) bond motifs is 1. The van der Waals surface area contributed by atoms with Gasteiger partial charge in [0.25, 0.3) is 0 Å². The zero-order chi connectivity index (χ0) is 14.9.